The lowest BCUT2D eigenvalue weighted by Crippen LogP contribution is -2.28. The molecule has 0 bridgehead atoms. The number of hydrogen-bond acceptors (Lipinski definition) is 4. The molecule has 3 rings (SSSR count). The highest BCUT2D eigenvalue weighted by Crippen LogP contribution is 2.37. The van der Waals surface area contributed by atoms with Gasteiger partial charge in [0.05, 0.1) is 33.3 Å². The second kappa shape index (κ2) is 12.8. The summed E-state index contributed by atoms with van der Waals surface area (Å²) in [6, 6.07) is 11.5. The third kappa shape index (κ3) is 8.53. The van der Waals surface area contributed by atoms with Crippen LogP contribution in [0.3, 0.4) is 0 Å². The van der Waals surface area contributed by atoms with Crippen LogP contribution in [-0.4, -0.2) is 25.0 Å². The van der Waals surface area contributed by atoms with Crippen LogP contribution in [0.25, 0.3) is 0 Å². The largest absolute Gasteiger partial charge is 0.462 e. The van der Waals surface area contributed by atoms with Gasteiger partial charge in [-0.15, -0.1) is 0 Å². The molecular formula is C27H22Cl2F6N2O3. The van der Waals surface area contributed by atoms with E-state index in [1.54, 1.807) is 6.92 Å². The van der Waals surface area contributed by atoms with Crippen LogP contribution in [0.4, 0.5) is 37.7 Å². The van der Waals surface area contributed by atoms with Gasteiger partial charge in [-0.25, -0.2) is 4.79 Å². The Morgan fingerprint density at radius 1 is 0.850 bits per heavy atom. The number of alkyl halides is 6. The first-order valence-electron chi connectivity index (χ1n) is 11.7. The van der Waals surface area contributed by atoms with Gasteiger partial charge >= 0.3 is 18.3 Å². The Labute approximate surface area is 235 Å². The van der Waals surface area contributed by atoms with E-state index >= 15 is 0 Å². The number of esters is 1. The summed E-state index contributed by atoms with van der Waals surface area (Å²) in [5, 5.41) is 2.92. The van der Waals surface area contributed by atoms with E-state index in [2.05, 4.69) is 5.32 Å². The van der Waals surface area contributed by atoms with Crippen LogP contribution < -0.4 is 10.2 Å². The number of carbonyl (C=O) groups is 2. The molecule has 214 valence electrons. The highest BCUT2D eigenvalue weighted by Gasteiger charge is 2.37. The number of amides is 1. The Morgan fingerprint density at radius 2 is 1.45 bits per heavy atom. The highest BCUT2D eigenvalue weighted by molar-refractivity contribution is 6.42. The first kappa shape index (κ1) is 31.1. The molecule has 13 heteroatoms. The molecule has 0 radical (unpaired) electrons. The SMILES string of the molecule is CCOC(=O)c1ccc(NC(=O)CCN(Cc2cc(C(F)(F)F)cc(C(F)(F)F)c2)c2ccc(Cl)c(Cl)c2)cc1. The molecule has 0 fully saturated rings. The molecule has 0 aliphatic rings. The van der Waals surface area contributed by atoms with E-state index in [-0.39, 0.29) is 46.8 Å². The van der Waals surface area contributed by atoms with Gasteiger partial charge in [0, 0.05) is 30.9 Å². The maximum Gasteiger partial charge on any atom is 0.416 e. The van der Waals surface area contributed by atoms with Gasteiger partial charge in [0.2, 0.25) is 5.91 Å². The van der Waals surface area contributed by atoms with Gasteiger partial charge in [0.25, 0.3) is 0 Å². The zero-order valence-electron chi connectivity index (χ0n) is 20.8. The lowest BCUT2D eigenvalue weighted by atomic mass is 10.0. The number of nitrogens with one attached hydrogen (secondary N) is 1. The second-order valence-electron chi connectivity index (χ2n) is 8.53. The van der Waals surface area contributed by atoms with Gasteiger partial charge in [0.1, 0.15) is 0 Å². The van der Waals surface area contributed by atoms with Crippen molar-refractivity contribution in [1.82, 2.24) is 0 Å². The van der Waals surface area contributed by atoms with Gasteiger partial charge in [0.15, 0.2) is 0 Å². The molecule has 0 aliphatic heterocycles. The first-order valence-corrected chi connectivity index (χ1v) is 12.5. The fraction of sp³-hybridized carbons (Fsp3) is 0.259. The molecule has 0 unspecified atom stereocenters. The first-order chi connectivity index (χ1) is 18.7. The number of ether oxygens (including phenoxy) is 1. The minimum Gasteiger partial charge on any atom is -0.462 e. The van der Waals surface area contributed by atoms with Crippen molar-refractivity contribution in [3.05, 3.63) is 93.0 Å². The van der Waals surface area contributed by atoms with Gasteiger partial charge in [-0.1, -0.05) is 23.2 Å². The molecule has 0 saturated heterocycles. The molecule has 1 amide bonds. The zero-order valence-corrected chi connectivity index (χ0v) is 22.3. The quantitative estimate of drug-likeness (QED) is 0.197. The lowest BCUT2D eigenvalue weighted by molar-refractivity contribution is -0.143. The van der Waals surface area contributed by atoms with E-state index in [1.165, 1.54) is 47.4 Å². The molecule has 3 aromatic carbocycles. The van der Waals surface area contributed by atoms with Crippen molar-refractivity contribution in [2.24, 2.45) is 0 Å². The second-order valence-corrected chi connectivity index (χ2v) is 9.34. The van der Waals surface area contributed by atoms with Gasteiger partial charge in [-0.05, 0) is 73.2 Å². The maximum atomic E-state index is 13.4. The number of halogens is 8. The van der Waals surface area contributed by atoms with E-state index in [0.29, 0.717) is 23.5 Å². The van der Waals surface area contributed by atoms with Crippen molar-refractivity contribution in [2.45, 2.75) is 32.2 Å². The minimum atomic E-state index is -5.01. The monoisotopic (exact) mass is 606 g/mol. The molecule has 3 aromatic rings. The number of benzene rings is 3. The smallest absolute Gasteiger partial charge is 0.416 e. The summed E-state index contributed by atoms with van der Waals surface area (Å²) in [6.45, 7) is 1.37. The fourth-order valence-electron chi connectivity index (χ4n) is 3.68. The predicted molar refractivity (Wildman–Crippen MR) is 140 cm³/mol. The average molecular weight is 607 g/mol. The number of rotatable bonds is 9. The summed E-state index contributed by atoms with van der Waals surface area (Å²) in [6.07, 6.45) is -10.2. The molecule has 0 saturated carbocycles. The van der Waals surface area contributed by atoms with Crippen LogP contribution in [0.15, 0.2) is 60.7 Å². The van der Waals surface area contributed by atoms with Crippen LogP contribution in [0, 0.1) is 0 Å². The van der Waals surface area contributed by atoms with E-state index in [1.807, 2.05) is 0 Å². The fourth-order valence-corrected chi connectivity index (χ4v) is 3.97. The predicted octanol–water partition coefficient (Wildman–Crippen LogP) is 8.24. The summed E-state index contributed by atoms with van der Waals surface area (Å²) < 4.78 is 85.1. The normalized spacial score (nSPS) is 11.7. The van der Waals surface area contributed by atoms with Crippen LogP contribution in [-0.2, 0) is 28.4 Å². The van der Waals surface area contributed by atoms with Gasteiger partial charge < -0.3 is 15.0 Å². The van der Waals surface area contributed by atoms with E-state index < -0.39 is 41.9 Å². The number of hydrogen-bond donors (Lipinski definition) is 1. The Morgan fingerprint density at radius 3 is 1.98 bits per heavy atom. The van der Waals surface area contributed by atoms with Crippen LogP contribution >= 0.6 is 23.2 Å². The summed E-state index contributed by atoms with van der Waals surface area (Å²) in [5.74, 6) is -1.02. The topological polar surface area (TPSA) is 58.6 Å². The highest BCUT2D eigenvalue weighted by atomic mass is 35.5. The minimum absolute atomic E-state index is 0.0493. The molecular weight excluding hydrogens is 585 g/mol. The third-order valence-corrected chi connectivity index (χ3v) is 6.32. The molecule has 40 heavy (non-hydrogen) atoms. The Hall–Kier alpha value is -3.44. The standard InChI is InChI=1S/C27H22Cl2F6N2O3/c1-2-40-25(39)17-3-5-20(6-4-17)36-24(38)9-10-37(21-7-8-22(28)23(29)14-21)15-16-11-18(26(30,31)32)13-19(12-16)27(33,34)35/h3-8,11-14H,2,9-10,15H2,1H3,(H,36,38). The summed E-state index contributed by atoms with van der Waals surface area (Å²) in [7, 11) is 0. The van der Waals surface area contributed by atoms with Crippen molar-refractivity contribution >= 4 is 46.5 Å². The zero-order chi connectivity index (χ0) is 29.7. The average Bonchev–Trinajstić information content (AvgIpc) is 2.87. The summed E-state index contributed by atoms with van der Waals surface area (Å²) in [5.41, 5.74) is -2.20. The number of carbonyl (C=O) groups excluding carboxylic acids is 2. The van der Waals surface area contributed by atoms with Crippen LogP contribution in [0.1, 0.15) is 40.4 Å². The van der Waals surface area contributed by atoms with E-state index in [9.17, 15) is 35.9 Å². The number of anilines is 2. The molecule has 0 aromatic heterocycles. The molecule has 0 aliphatic carbocycles. The molecule has 5 nitrogen and oxygen atoms in total. The maximum absolute atomic E-state index is 13.4. The Bertz CT molecular complexity index is 1330. The van der Waals surface area contributed by atoms with Gasteiger partial charge in [-0.3, -0.25) is 4.79 Å². The van der Waals surface area contributed by atoms with Crippen molar-refractivity contribution < 1.29 is 40.7 Å². The Kier molecular flexibility index (Phi) is 9.96. The molecule has 1 N–H and O–H groups in total. The lowest BCUT2D eigenvalue weighted by Gasteiger charge is -2.26. The van der Waals surface area contributed by atoms with Crippen LogP contribution in [0.5, 0.6) is 0 Å². The molecule has 0 atom stereocenters. The summed E-state index contributed by atoms with van der Waals surface area (Å²) >= 11 is 12.0. The Balaban J connectivity index is 1.83. The number of nitrogens with zero attached hydrogens (tertiary/aromatic N) is 1. The van der Waals surface area contributed by atoms with Crippen molar-refractivity contribution in [3.63, 3.8) is 0 Å². The van der Waals surface area contributed by atoms with Gasteiger partial charge in [-0.2, -0.15) is 26.3 Å². The third-order valence-electron chi connectivity index (χ3n) is 5.58. The van der Waals surface area contributed by atoms with E-state index in [0.717, 1.165) is 0 Å². The molecule has 0 heterocycles. The van der Waals surface area contributed by atoms with Crippen LogP contribution in [0.2, 0.25) is 10.0 Å². The van der Waals surface area contributed by atoms with E-state index in [4.69, 9.17) is 27.9 Å². The van der Waals surface area contributed by atoms with Crippen molar-refractivity contribution in [2.75, 3.05) is 23.4 Å². The van der Waals surface area contributed by atoms with Crippen molar-refractivity contribution in [3.8, 4) is 0 Å². The molecule has 0 spiro atoms. The summed E-state index contributed by atoms with van der Waals surface area (Å²) in [4.78, 5) is 25.8. The van der Waals surface area contributed by atoms with Crippen molar-refractivity contribution in [1.29, 1.82) is 0 Å².